The number of hydrogen-bond acceptors (Lipinski definition) is 1. The van der Waals surface area contributed by atoms with Gasteiger partial charge in [0.15, 0.2) is 5.96 Å². The maximum Gasteiger partial charge on any atom is 0.189 e. The molecule has 1 aliphatic carbocycles. The van der Waals surface area contributed by atoms with Crippen molar-refractivity contribution in [1.82, 2.24) is 5.32 Å². The largest absolute Gasteiger partial charge is 0.370 e. The SMILES string of the molecule is CCCCC(CCC)NC(N)=NC1CCCC1. The third kappa shape index (κ3) is 5.94. The number of aliphatic imine (C=N–C) groups is 1. The Labute approximate surface area is 106 Å². The van der Waals surface area contributed by atoms with Gasteiger partial charge in [-0.2, -0.15) is 0 Å². The Morgan fingerprint density at radius 1 is 1.24 bits per heavy atom. The van der Waals surface area contributed by atoms with Crippen molar-refractivity contribution in [1.29, 1.82) is 0 Å². The molecule has 0 radical (unpaired) electrons. The van der Waals surface area contributed by atoms with E-state index in [0.29, 0.717) is 18.0 Å². The van der Waals surface area contributed by atoms with Crippen LogP contribution in [0.5, 0.6) is 0 Å². The van der Waals surface area contributed by atoms with Crippen LogP contribution in [0.2, 0.25) is 0 Å². The van der Waals surface area contributed by atoms with Crippen LogP contribution in [0.15, 0.2) is 4.99 Å². The highest BCUT2D eigenvalue weighted by atomic mass is 15.1. The number of rotatable bonds is 7. The van der Waals surface area contributed by atoms with Gasteiger partial charge < -0.3 is 11.1 Å². The van der Waals surface area contributed by atoms with Crippen LogP contribution in [0.4, 0.5) is 0 Å². The van der Waals surface area contributed by atoms with E-state index in [1.165, 1.54) is 57.8 Å². The first kappa shape index (κ1) is 14.3. The lowest BCUT2D eigenvalue weighted by atomic mass is 10.1. The van der Waals surface area contributed by atoms with Gasteiger partial charge in [-0.1, -0.05) is 46.0 Å². The number of guanidine groups is 1. The van der Waals surface area contributed by atoms with E-state index >= 15 is 0 Å². The lowest BCUT2D eigenvalue weighted by Crippen LogP contribution is -2.40. The van der Waals surface area contributed by atoms with Crippen molar-refractivity contribution in [3.8, 4) is 0 Å². The van der Waals surface area contributed by atoms with E-state index in [9.17, 15) is 0 Å². The molecule has 0 aliphatic heterocycles. The molecule has 1 fully saturated rings. The summed E-state index contributed by atoms with van der Waals surface area (Å²) in [4.78, 5) is 4.59. The standard InChI is InChI=1S/C14H29N3/c1-3-5-9-12(8-4-2)16-14(15)17-13-10-6-7-11-13/h12-13H,3-11H2,1-2H3,(H3,15,16,17). The summed E-state index contributed by atoms with van der Waals surface area (Å²) in [7, 11) is 0. The van der Waals surface area contributed by atoms with E-state index in [1.54, 1.807) is 0 Å². The highest BCUT2D eigenvalue weighted by Crippen LogP contribution is 2.20. The zero-order valence-corrected chi connectivity index (χ0v) is 11.5. The maximum absolute atomic E-state index is 6.00. The fourth-order valence-electron chi connectivity index (χ4n) is 2.56. The van der Waals surface area contributed by atoms with Crippen molar-refractivity contribution in [2.45, 2.75) is 83.7 Å². The Balaban J connectivity index is 2.35. The topological polar surface area (TPSA) is 50.4 Å². The second kappa shape index (κ2) is 8.37. The summed E-state index contributed by atoms with van der Waals surface area (Å²) in [6.45, 7) is 4.46. The number of nitrogens with two attached hydrogens (primary N) is 1. The Morgan fingerprint density at radius 2 is 1.94 bits per heavy atom. The molecule has 0 heterocycles. The Hall–Kier alpha value is -0.730. The lowest BCUT2D eigenvalue weighted by molar-refractivity contribution is 0.491. The molecule has 3 nitrogen and oxygen atoms in total. The molecule has 0 bridgehead atoms. The van der Waals surface area contributed by atoms with Gasteiger partial charge in [-0.25, -0.2) is 0 Å². The normalized spacial score (nSPS) is 19.5. The zero-order chi connectivity index (χ0) is 12.5. The van der Waals surface area contributed by atoms with E-state index in [-0.39, 0.29) is 0 Å². The van der Waals surface area contributed by atoms with Crippen LogP contribution in [0, 0.1) is 0 Å². The number of unbranched alkanes of at least 4 members (excludes halogenated alkanes) is 1. The molecular weight excluding hydrogens is 210 g/mol. The summed E-state index contributed by atoms with van der Waals surface area (Å²) in [5.41, 5.74) is 6.00. The molecule has 0 amide bonds. The molecule has 3 N–H and O–H groups in total. The van der Waals surface area contributed by atoms with Crippen molar-refractivity contribution in [3.05, 3.63) is 0 Å². The fourth-order valence-corrected chi connectivity index (χ4v) is 2.56. The van der Waals surface area contributed by atoms with Crippen molar-refractivity contribution < 1.29 is 0 Å². The summed E-state index contributed by atoms with van der Waals surface area (Å²) in [6.07, 6.45) is 11.2. The monoisotopic (exact) mass is 239 g/mol. The molecule has 0 spiro atoms. The number of hydrogen-bond donors (Lipinski definition) is 2. The summed E-state index contributed by atoms with van der Waals surface area (Å²) < 4.78 is 0. The molecule has 1 rings (SSSR count). The van der Waals surface area contributed by atoms with Crippen molar-refractivity contribution in [2.75, 3.05) is 0 Å². The third-order valence-electron chi connectivity index (χ3n) is 3.54. The quantitative estimate of drug-likeness (QED) is 0.529. The summed E-state index contributed by atoms with van der Waals surface area (Å²) >= 11 is 0. The molecule has 0 aromatic heterocycles. The lowest BCUT2D eigenvalue weighted by Gasteiger charge is -2.19. The van der Waals surface area contributed by atoms with Crippen LogP contribution in [0.3, 0.4) is 0 Å². The van der Waals surface area contributed by atoms with E-state index in [4.69, 9.17) is 5.73 Å². The first-order chi connectivity index (χ1) is 8.26. The van der Waals surface area contributed by atoms with E-state index in [2.05, 4.69) is 24.2 Å². The molecule has 1 atom stereocenters. The van der Waals surface area contributed by atoms with E-state index < -0.39 is 0 Å². The molecule has 3 heteroatoms. The van der Waals surface area contributed by atoms with Crippen LogP contribution in [-0.4, -0.2) is 18.0 Å². The molecule has 1 unspecified atom stereocenters. The highest BCUT2D eigenvalue weighted by Gasteiger charge is 2.15. The second-order valence-electron chi connectivity index (χ2n) is 5.22. The number of nitrogens with one attached hydrogen (secondary N) is 1. The van der Waals surface area contributed by atoms with Crippen LogP contribution in [0.25, 0.3) is 0 Å². The van der Waals surface area contributed by atoms with Gasteiger partial charge in [0.05, 0.1) is 6.04 Å². The molecule has 0 aromatic carbocycles. The molecule has 17 heavy (non-hydrogen) atoms. The predicted molar refractivity (Wildman–Crippen MR) is 75.2 cm³/mol. The van der Waals surface area contributed by atoms with Gasteiger partial charge in [0.1, 0.15) is 0 Å². The molecule has 100 valence electrons. The fraction of sp³-hybridized carbons (Fsp3) is 0.929. The molecule has 1 saturated carbocycles. The number of nitrogens with zero attached hydrogens (tertiary/aromatic N) is 1. The first-order valence-corrected chi connectivity index (χ1v) is 7.36. The Kier molecular flexibility index (Phi) is 7.06. The van der Waals surface area contributed by atoms with Crippen molar-refractivity contribution in [2.24, 2.45) is 10.7 Å². The van der Waals surface area contributed by atoms with E-state index in [0.717, 1.165) is 0 Å². The minimum atomic E-state index is 0.482. The molecule has 0 aromatic rings. The van der Waals surface area contributed by atoms with Crippen LogP contribution < -0.4 is 11.1 Å². The average molecular weight is 239 g/mol. The summed E-state index contributed by atoms with van der Waals surface area (Å²) in [5, 5.41) is 3.41. The van der Waals surface area contributed by atoms with Gasteiger partial charge in [0, 0.05) is 6.04 Å². The summed E-state index contributed by atoms with van der Waals surface area (Å²) in [5.74, 6) is 0.673. The van der Waals surface area contributed by atoms with Gasteiger partial charge in [-0.05, 0) is 25.7 Å². The summed E-state index contributed by atoms with van der Waals surface area (Å²) in [6, 6.07) is 1.00. The smallest absolute Gasteiger partial charge is 0.189 e. The zero-order valence-electron chi connectivity index (χ0n) is 11.5. The van der Waals surface area contributed by atoms with Gasteiger partial charge in [0.25, 0.3) is 0 Å². The first-order valence-electron chi connectivity index (χ1n) is 7.36. The third-order valence-corrected chi connectivity index (χ3v) is 3.54. The van der Waals surface area contributed by atoms with Crippen molar-refractivity contribution in [3.63, 3.8) is 0 Å². The minimum Gasteiger partial charge on any atom is -0.370 e. The second-order valence-corrected chi connectivity index (χ2v) is 5.22. The predicted octanol–water partition coefficient (Wildman–Crippen LogP) is 3.19. The Bertz CT molecular complexity index is 220. The highest BCUT2D eigenvalue weighted by molar-refractivity contribution is 5.78. The van der Waals surface area contributed by atoms with Crippen LogP contribution in [0.1, 0.15) is 71.6 Å². The van der Waals surface area contributed by atoms with Gasteiger partial charge in [0.2, 0.25) is 0 Å². The van der Waals surface area contributed by atoms with Gasteiger partial charge in [-0.3, -0.25) is 4.99 Å². The van der Waals surface area contributed by atoms with Crippen LogP contribution >= 0.6 is 0 Å². The van der Waals surface area contributed by atoms with Gasteiger partial charge in [-0.15, -0.1) is 0 Å². The minimum absolute atomic E-state index is 0.482. The van der Waals surface area contributed by atoms with Gasteiger partial charge >= 0.3 is 0 Å². The van der Waals surface area contributed by atoms with E-state index in [1.807, 2.05) is 0 Å². The molecular formula is C14H29N3. The average Bonchev–Trinajstić information content (AvgIpc) is 2.78. The van der Waals surface area contributed by atoms with Crippen LogP contribution in [-0.2, 0) is 0 Å². The molecule has 0 saturated heterocycles. The van der Waals surface area contributed by atoms with Crippen molar-refractivity contribution >= 4 is 5.96 Å². The Morgan fingerprint density at radius 3 is 2.53 bits per heavy atom. The molecule has 1 aliphatic rings. The maximum atomic E-state index is 6.00.